The van der Waals surface area contributed by atoms with Crippen molar-refractivity contribution >= 4 is 46.5 Å². The smallest absolute Gasteiger partial charge is 0.271 e. The zero-order chi connectivity index (χ0) is 27.8. The number of anilines is 6. The highest BCUT2D eigenvalue weighted by atomic mass is 16.6. The van der Waals surface area contributed by atoms with Gasteiger partial charge in [-0.15, -0.1) is 0 Å². The van der Waals surface area contributed by atoms with Crippen LogP contribution < -0.4 is 21.3 Å². The van der Waals surface area contributed by atoms with Crippen LogP contribution in [0.2, 0.25) is 0 Å². The standard InChI is InChI=1S/C28H30N8O3/c1-4-19-9-13-21(14-10-19)31-27-33-26(34-28(35-27)32-22-15-11-20(5-2)12-16-22)29-18(3)25(37)30-23-7-6-8-24(17-23)36(38)39/h6-18H,4-5H2,1-3H3,(H,30,37)(H3,29,31,32,33,34,35)/t18-/m0/s1. The third-order valence-electron chi connectivity index (χ3n) is 5.94. The van der Waals surface area contributed by atoms with Gasteiger partial charge in [-0.25, -0.2) is 0 Å². The van der Waals surface area contributed by atoms with Crippen LogP contribution in [0.4, 0.5) is 40.6 Å². The van der Waals surface area contributed by atoms with Gasteiger partial charge in [-0.3, -0.25) is 14.9 Å². The van der Waals surface area contributed by atoms with Gasteiger partial charge in [-0.05, 0) is 61.2 Å². The lowest BCUT2D eigenvalue weighted by Gasteiger charge is -2.16. The molecule has 3 aromatic carbocycles. The molecule has 4 aromatic rings. The monoisotopic (exact) mass is 526 g/mol. The molecule has 11 heteroatoms. The topological polar surface area (TPSA) is 147 Å². The Morgan fingerprint density at radius 3 is 1.79 bits per heavy atom. The van der Waals surface area contributed by atoms with Gasteiger partial charge in [-0.1, -0.05) is 44.2 Å². The summed E-state index contributed by atoms with van der Waals surface area (Å²) in [4.78, 5) is 36.8. The predicted molar refractivity (Wildman–Crippen MR) is 153 cm³/mol. The molecule has 1 heterocycles. The Balaban J connectivity index is 1.54. The summed E-state index contributed by atoms with van der Waals surface area (Å²) in [5.74, 6) is 0.337. The minimum atomic E-state index is -0.764. The number of non-ortho nitro benzene ring substituents is 1. The third-order valence-corrected chi connectivity index (χ3v) is 5.94. The molecule has 0 bridgehead atoms. The Labute approximate surface area is 226 Å². The van der Waals surface area contributed by atoms with Crippen molar-refractivity contribution in [3.63, 3.8) is 0 Å². The van der Waals surface area contributed by atoms with Crippen molar-refractivity contribution < 1.29 is 9.72 Å². The summed E-state index contributed by atoms with van der Waals surface area (Å²) in [6, 6.07) is 20.9. The number of nitrogens with one attached hydrogen (secondary N) is 4. The van der Waals surface area contributed by atoms with Crippen LogP contribution in [-0.2, 0) is 17.6 Å². The highest BCUT2D eigenvalue weighted by molar-refractivity contribution is 5.96. The quantitative estimate of drug-likeness (QED) is 0.140. The lowest BCUT2D eigenvalue weighted by Crippen LogP contribution is -2.32. The number of benzene rings is 3. The summed E-state index contributed by atoms with van der Waals surface area (Å²) in [5.41, 5.74) is 4.23. The van der Waals surface area contributed by atoms with Crippen molar-refractivity contribution in [2.45, 2.75) is 39.7 Å². The molecule has 4 rings (SSSR count). The molecule has 1 aromatic heterocycles. The molecule has 11 nitrogen and oxygen atoms in total. The van der Waals surface area contributed by atoms with E-state index in [1.165, 1.54) is 29.3 Å². The minimum absolute atomic E-state index is 0.115. The summed E-state index contributed by atoms with van der Waals surface area (Å²) in [7, 11) is 0. The van der Waals surface area contributed by atoms with E-state index >= 15 is 0 Å². The van der Waals surface area contributed by atoms with Gasteiger partial charge in [-0.2, -0.15) is 15.0 Å². The molecule has 200 valence electrons. The van der Waals surface area contributed by atoms with Gasteiger partial charge >= 0.3 is 0 Å². The van der Waals surface area contributed by atoms with E-state index in [4.69, 9.17) is 0 Å². The number of hydrogen-bond donors (Lipinski definition) is 4. The molecule has 39 heavy (non-hydrogen) atoms. The maximum absolute atomic E-state index is 12.8. The number of hydrogen-bond acceptors (Lipinski definition) is 9. The fraction of sp³-hybridized carbons (Fsp3) is 0.214. The zero-order valence-corrected chi connectivity index (χ0v) is 21.9. The van der Waals surface area contributed by atoms with Crippen molar-refractivity contribution in [3.05, 3.63) is 94.0 Å². The highest BCUT2D eigenvalue weighted by Gasteiger charge is 2.17. The van der Waals surface area contributed by atoms with Crippen molar-refractivity contribution in [1.29, 1.82) is 0 Å². The molecule has 0 aliphatic carbocycles. The molecule has 1 atom stereocenters. The second-order valence-corrected chi connectivity index (χ2v) is 8.82. The van der Waals surface area contributed by atoms with Crippen LogP contribution in [0.3, 0.4) is 0 Å². The zero-order valence-electron chi connectivity index (χ0n) is 21.9. The Bertz CT molecular complexity index is 1370. The average molecular weight is 527 g/mol. The first-order valence-electron chi connectivity index (χ1n) is 12.6. The fourth-order valence-electron chi connectivity index (χ4n) is 3.66. The number of nitrogens with zero attached hydrogens (tertiary/aromatic N) is 4. The molecule has 1 amide bonds. The molecular weight excluding hydrogens is 496 g/mol. The van der Waals surface area contributed by atoms with Crippen molar-refractivity contribution in [2.75, 3.05) is 21.3 Å². The second-order valence-electron chi connectivity index (χ2n) is 8.82. The largest absolute Gasteiger partial charge is 0.342 e. The summed E-state index contributed by atoms with van der Waals surface area (Å²) in [6.07, 6.45) is 1.86. The highest BCUT2D eigenvalue weighted by Crippen LogP contribution is 2.21. The second kappa shape index (κ2) is 12.5. The molecule has 0 unspecified atom stereocenters. The maximum atomic E-state index is 12.8. The van der Waals surface area contributed by atoms with Gasteiger partial charge in [0, 0.05) is 29.2 Å². The number of nitro benzene ring substituents is 1. The first-order valence-corrected chi connectivity index (χ1v) is 12.6. The molecule has 0 saturated carbocycles. The molecule has 0 spiro atoms. The summed E-state index contributed by atoms with van der Waals surface area (Å²) >= 11 is 0. The first-order chi connectivity index (χ1) is 18.8. The summed E-state index contributed by atoms with van der Waals surface area (Å²) < 4.78 is 0. The molecule has 4 N–H and O–H groups in total. The van der Waals surface area contributed by atoms with Crippen LogP contribution in [0.5, 0.6) is 0 Å². The van der Waals surface area contributed by atoms with Crippen LogP contribution >= 0.6 is 0 Å². The van der Waals surface area contributed by atoms with Crippen LogP contribution in [0.1, 0.15) is 31.9 Å². The van der Waals surface area contributed by atoms with E-state index in [0.29, 0.717) is 5.69 Å². The normalized spacial score (nSPS) is 11.4. The number of aromatic nitrogens is 3. The van der Waals surface area contributed by atoms with Crippen molar-refractivity contribution in [1.82, 2.24) is 15.0 Å². The van der Waals surface area contributed by atoms with Gasteiger partial charge in [0.1, 0.15) is 6.04 Å². The van der Waals surface area contributed by atoms with E-state index < -0.39 is 16.9 Å². The van der Waals surface area contributed by atoms with Crippen molar-refractivity contribution in [3.8, 4) is 0 Å². The summed E-state index contributed by atoms with van der Waals surface area (Å²) in [5, 5.41) is 23.1. The van der Waals surface area contributed by atoms with E-state index in [-0.39, 0.29) is 23.5 Å². The first kappa shape index (κ1) is 27.0. The van der Waals surface area contributed by atoms with E-state index in [1.54, 1.807) is 13.0 Å². The molecular formula is C28H30N8O3. The van der Waals surface area contributed by atoms with E-state index in [0.717, 1.165) is 24.2 Å². The molecule has 0 fully saturated rings. The molecule has 0 aliphatic rings. The number of nitro groups is 1. The number of amides is 1. The molecule has 0 radical (unpaired) electrons. The Morgan fingerprint density at radius 2 is 1.31 bits per heavy atom. The third kappa shape index (κ3) is 7.48. The number of carbonyl (C=O) groups is 1. The lowest BCUT2D eigenvalue weighted by atomic mass is 10.1. The Hall–Kier alpha value is -5.06. The van der Waals surface area contributed by atoms with Gasteiger partial charge in [0.05, 0.1) is 4.92 Å². The number of aryl methyl sites for hydroxylation is 2. The minimum Gasteiger partial charge on any atom is -0.342 e. The number of rotatable bonds is 11. The molecule has 0 saturated heterocycles. The Morgan fingerprint density at radius 1 is 0.795 bits per heavy atom. The van der Waals surface area contributed by atoms with E-state index in [2.05, 4.69) is 50.1 Å². The van der Waals surface area contributed by atoms with E-state index in [1.807, 2.05) is 48.5 Å². The van der Waals surface area contributed by atoms with Gasteiger partial charge in [0.15, 0.2) is 0 Å². The maximum Gasteiger partial charge on any atom is 0.271 e. The van der Waals surface area contributed by atoms with Crippen LogP contribution in [0, 0.1) is 10.1 Å². The molecule has 0 aliphatic heterocycles. The van der Waals surface area contributed by atoms with Gasteiger partial charge in [0.2, 0.25) is 23.8 Å². The fourth-order valence-corrected chi connectivity index (χ4v) is 3.66. The van der Waals surface area contributed by atoms with Crippen molar-refractivity contribution in [2.24, 2.45) is 0 Å². The predicted octanol–water partition coefficient (Wildman–Crippen LogP) is 5.83. The van der Waals surface area contributed by atoms with Gasteiger partial charge in [0.25, 0.3) is 5.69 Å². The number of carbonyl (C=O) groups excluding carboxylic acids is 1. The van der Waals surface area contributed by atoms with Gasteiger partial charge < -0.3 is 21.3 Å². The van der Waals surface area contributed by atoms with E-state index in [9.17, 15) is 14.9 Å². The average Bonchev–Trinajstić information content (AvgIpc) is 2.94. The summed E-state index contributed by atoms with van der Waals surface area (Å²) in [6.45, 7) is 5.82. The lowest BCUT2D eigenvalue weighted by molar-refractivity contribution is -0.384. The SMILES string of the molecule is CCc1ccc(Nc2nc(Nc3ccc(CC)cc3)nc(N[C@@H](C)C(=O)Nc3cccc([N+](=O)[O-])c3)n2)cc1. The van der Waals surface area contributed by atoms with Crippen LogP contribution in [0.15, 0.2) is 72.8 Å². The Kier molecular flexibility index (Phi) is 8.62. The van der Waals surface area contributed by atoms with Crippen LogP contribution in [-0.4, -0.2) is 31.8 Å². The van der Waals surface area contributed by atoms with Crippen LogP contribution in [0.25, 0.3) is 0 Å².